The fourth-order valence-electron chi connectivity index (χ4n) is 2.23. The zero-order valence-corrected chi connectivity index (χ0v) is 16.3. The van der Waals surface area contributed by atoms with Gasteiger partial charge in [-0.2, -0.15) is 0 Å². The number of hydrogen-bond donors (Lipinski definition) is 1. The van der Waals surface area contributed by atoms with Crippen molar-refractivity contribution < 1.29 is 23.5 Å². The van der Waals surface area contributed by atoms with Crippen LogP contribution in [0, 0.1) is 11.7 Å². The molecule has 144 valence electrons. The minimum absolute atomic E-state index is 0.0993. The summed E-state index contributed by atoms with van der Waals surface area (Å²) in [6.07, 6.45) is 0.264. The zero-order chi connectivity index (χ0) is 19.9. The molecule has 0 aliphatic rings. The Morgan fingerprint density at radius 3 is 2.50 bits per heavy atom. The van der Waals surface area contributed by atoms with Gasteiger partial charge in [0.2, 0.25) is 0 Å². The molecule has 1 aromatic rings. The lowest BCUT2D eigenvalue weighted by Gasteiger charge is -2.14. The van der Waals surface area contributed by atoms with Gasteiger partial charge in [-0.3, -0.25) is 4.79 Å². The lowest BCUT2D eigenvalue weighted by atomic mass is 10.0. The van der Waals surface area contributed by atoms with E-state index in [-0.39, 0.29) is 34.9 Å². The molecule has 0 heterocycles. The standard InChI is InChI=1S/C18H24ClFN2O4/c1-6-12(17(23)25-7-2)11(5)21-18(24)22-15-9-16(26-10(3)4)13(19)8-14(15)20/h8-10,12H,6-7H2,1-5H3,(H,22,24). The Labute approximate surface area is 157 Å². The molecule has 0 saturated heterocycles. The normalized spacial score (nSPS) is 12.7. The Balaban J connectivity index is 2.97. The molecule has 1 aromatic carbocycles. The Morgan fingerprint density at radius 2 is 1.96 bits per heavy atom. The minimum Gasteiger partial charge on any atom is -0.489 e. The first-order valence-electron chi connectivity index (χ1n) is 8.38. The molecule has 1 N–H and O–H groups in total. The number of urea groups is 1. The van der Waals surface area contributed by atoms with Crippen LogP contribution in [0.3, 0.4) is 0 Å². The van der Waals surface area contributed by atoms with Crippen LogP contribution in [0.1, 0.15) is 41.0 Å². The molecule has 2 amide bonds. The third kappa shape index (κ3) is 6.29. The molecular weight excluding hydrogens is 363 g/mol. The molecule has 0 spiro atoms. The van der Waals surface area contributed by atoms with Gasteiger partial charge in [0.25, 0.3) is 0 Å². The van der Waals surface area contributed by atoms with Crippen LogP contribution in [0.4, 0.5) is 14.9 Å². The van der Waals surface area contributed by atoms with Crippen LogP contribution in [0.2, 0.25) is 5.02 Å². The number of halogens is 2. The third-order valence-corrected chi connectivity index (χ3v) is 3.68. The fourth-order valence-corrected chi connectivity index (χ4v) is 2.42. The van der Waals surface area contributed by atoms with E-state index in [9.17, 15) is 14.0 Å². The number of esters is 1. The Morgan fingerprint density at radius 1 is 1.31 bits per heavy atom. The van der Waals surface area contributed by atoms with Gasteiger partial charge in [-0.15, -0.1) is 0 Å². The molecule has 0 aliphatic carbocycles. The quantitative estimate of drug-likeness (QED) is 0.536. The molecule has 0 radical (unpaired) electrons. The van der Waals surface area contributed by atoms with E-state index in [2.05, 4.69) is 10.3 Å². The molecule has 1 unspecified atom stereocenters. The van der Waals surface area contributed by atoms with E-state index >= 15 is 0 Å². The largest absolute Gasteiger partial charge is 0.489 e. The molecule has 1 rings (SSSR count). The van der Waals surface area contributed by atoms with Crippen molar-refractivity contribution in [3.05, 3.63) is 23.0 Å². The Kier molecular flexibility index (Phi) is 8.51. The first kappa shape index (κ1) is 21.9. The topological polar surface area (TPSA) is 77.0 Å². The maximum Gasteiger partial charge on any atom is 0.345 e. The summed E-state index contributed by atoms with van der Waals surface area (Å²) >= 11 is 5.93. The van der Waals surface area contributed by atoms with Crippen molar-refractivity contribution in [2.75, 3.05) is 11.9 Å². The number of carbonyl (C=O) groups excluding carboxylic acids is 2. The highest BCUT2D eigenvalue weighted by molar-refractivity contribution is 6.32. The van der Waals surface area contributed by atoms with Gasteiger partial charge >= 0.3 is 12.0 Å². The van der Waals surface area contributed by atoms with Crippen molar-refractivity contribution in [1.29, 1.82) is 0 Å². The summed E-state index contributed by atoms with van der Waals surface area (Å²) in [5.74, 6) is -1.55. The van der Waals surface area contributed by atoms with Crippen LogP contribution in [0.15, 0.2) is 17.1 Å². The van der Waals surface area contributed by atoms with Crippen LogP contribution in [0.25, 0.3) is 0 Å². The summed E-state index contributed by atoms with van der Waals surface area (Å²) in [5, 5.41) is 2.44. The van der Waals surface area contributed by atoms with E-state index in [1.165, 1.54) is 6.07 Å². The molecular formula is C18H24ClFN2O4. The van der Waals surface area contributed by atoms with Gasteiger partial charge in [0.15, 0.2) is 0 Å². The molecule has 1 atom stereocenters. The number of amides is 2. The van der Waals surface area contributed by atoms with E-state index in [1.807, 2.05) is 0 Å². The van der Waals surface area contributed by atoms with Gasteiger partial charge in [0, 0.05) is 11.8 Å². The number of anilines is 1. The van der Waals surface area contributed by atoms with E-state index in [0.717, 1.165) is 6.07 Å². The van der Waals surface area contributed by atoms with E-state index in [4.69, 9.17) is 21.1 Å². The number of nitrogens with zero attached hydrogens (tertiary/aromatic N) is 1. The predicted molar refractivity (Wildman–Crippen MR) is 99.7 cm³/mol. The molecule has 0 saturated carbocycles. The van der Waals surface area contributed by atoms with Gasteiger partial charge < -0.3 is 14.8 Å². The van der Waals surface area contributed by atoms with Crippen molar-refractivity contribution in [2.45, 2.75) is 47.1 Å². The summed E-state index contributed by atoms with van der Waals surface area (Å²) < 4.78 is 24.5. The average Bonchev–Trinajstić information content (AvgIpc) is 2.52. The maximum absolute atomic E-state index is 14.0. The first-order valence-corrected chi connectivity index (χ1v) is 8.75. The van der Waals surface area contributed by atoms with Gasteiger partial charge in [-0.25, -0.2) is 14.2 Å². The minimum atomic E-state index is -0.804. The summed E-state index contributed by atoms with van der Waals surface area (Å²) in [4.78, 5) is 27.8. The number of nitrogens with one attached hydrogen (secondary N) is 1. The van der Waals surface area contributed by atoms with Crippen molar-refractivity contribution in [1.82, 2.24) is 0 Å². The second kappa shape index (κ2) is 10.1. The SMILES string of the molecule is CCOC(=O)C(CC)C(C)=NC(=O)Nc1cc(OC(C)C)c(Cl)cc1F. The monoisotopic (exact) mass is 386 g/mol. The van der Waals surface area contributed by atoms with Crippen molar-refractivity contribution in [3.63, 3.8) is 0 Å². The second-order valence-corrected chi connectivity index (χ2v) is 6.23. The van der Waals surface area contributed by atoms with Gasteiger partial charge in [-0.1, -0.05) is 18.5 Å². The van der Waals surface area contributed by atoms with Crippen molar-refractivity contribution in [3.8, 4) is 5.75 Å². The van der Waals surface area contributed by atoms with E-state index in [1.54, 1.807) is 34.6 Å². The number of aliphatic imine (C=N–C) groups is 1. The number of benzene rings is 1. The Hall–Kier alpha value is -2.15. The van der Waals surface area contributed by atoms with Crippen LogP contribution in [-0.4, -0.2) is 30.4 Å². The van der Waals surface area contributed by atoms with Crippen LogP contribution in [0.5, 0.6) is 5.75 Å². The highest BCUT2D eigenvalue weighted by Gasteiger charge is 2.22. The number of rotatable bonds is 7. The molecule has 0 aromatic heterocycles. The fraction of sp³-hybridized carbons (Fsp3) is 0.500. The van der Waals surface area contributed by atoms with Crippen LogP contribution in [-0.2, 0) is 9.53 Å². The number of hydrogen-bond acceptors (Lipinski definition) is 4. The second-order valence-electron chi connectivity index (χ2n) is 5.83. The maximum atomic E-state index is 14.0. The summed E-state index contributed by atoms with van der Waals surface area (Å²) in [5.41, 5.74) is 0.173. The van der Waals surface area contributed by atoms with Gasteiger partial charge in [0.1, 0.15) is 11.6 Å². The molecule has 8 heteroatoms. The molecule has 6 nitrogen and oxygen atoms in total. The molecule has 26 heavy (non-hydrogen) atoms. The van der Waals surface area contributed by atoms with Crippen molar-refractivity contribution >= 4 is 35.0 Å². The molecule has 0 aliphatic heterocycles. The first-order chi connectivity index (χ1) is 12.2. The molecule has 0 fully saturated rings. The summed E-state index contributed by atoms with van der Waals surface area (Å²) in [7, 11) is 0. The van der Waals surface area contributed by atoms with E-state index < -0.39 is 23.7 Å². The lowest BCUT2D eigenvalue weighted by Crippen LogP contribution is -2.25. The number of ether oxygens (including phenoxy) is 2. The number of carbonyl (C=O) groups is 2. The van der Waals surface area contributed by atoms with Gasteiger partial charge in [-0.05, 0) is 40.2 Å². The summed E-state index contributed by atoms with van der Waals surface area (Å²) in [6, 6.07) is 1.55. The van der Waals surface area contributed by atoms with Gasteiger partial charge in [0.05, 0.1) is 29.3 Å². The smallest absolute Gasteiger partial charge is 0.345 e. The summed E-state index contributed by atoms with van der Waals surface area (Å²) in [6.45, 7) is 8.87. The lowest BCUT2D eigenvalue weighted by molar-refractivity contribution is -0.145. The zero-order valence-electron chi connectivity index (χ0n) is 15.6. The molecule has 0 bridgehead atoms. The van der Waals surface area contributed by atoms with Crippen LogP contribution >= 0.6 is 11.6 Å². The predicted octanol–water partition coefficient (Wildman–Crippen LogP) is 4.85. The van der Waals surface area contributed by atoms with E-state index in [0.29, 0.717) is 6.42 Å². The third-order valence-electron chi connectivity index (χ3n) is 3.39. The average molecular weight is 387 g/mol. The highest BCUT2D eigenvalue weighted by atomic mass is 35.5. The van der Waals surface area contributed by atoms with Crippen molar-refractivity contribution in [2.24, 2.45) is 10.9 Å². The van der Waals surface area contributed by atoms with Crippen LogP contribution < -0.4 is 10.1 Å². The Bertz CT molecular complexity index is 692. The highest BCUT2D eigenvalue weighted by Crippen LogP contribution is 2.31.